The average Bonchev–Trinajstić information content (AvgIpc) is 3.19. The van der Waals surface area contributed by atoms with E-state index >= 15 is 0 Å². The lowest BCUT2D eigenvalue weighted by atomic mass is 9.80. The van der Waals surface area contributed by atoms with Crippen LogP contribution < -0.4 is 0 Å². The smallest absolute Gasteiger partial charge is 0.0589 e. The first-order valence-electron chi connectivity index (χ1n) is 7.50. The van der Waals surface area contributed by atoms with Gasteiger partial charge in [-0.25, -0.2) is 0 Å². The molecule has 1 aliphatic carbocycles. The Kier molecular flexibility index (Phi) is 7.81. The Morgan fingerprint density at radius 3 is 2.22 bits per heavy atom. The van der Waals surface area contributed by atoms with Crippen LogP contribution in [0.2, 0.25) is 0 Å². The second kappa shape index (κ2) is 8.55. The first-order chi connectivity index (χ1) is 8.71. The van der Waals surface area contributed by atoms with Gasteiger partial charge in [-0.1, -0.05) is 42.6 Å². The third-order valence-electron chi connectivity index (χ3n) is 4.03. The number of nitrogens with zero attached hydrogens (tertiary/aromatic N) is 1. The highest BCUT2D eigenvalue weighted by atomic mass is 79.9. The van der Waals surface area contributed by atoms with Gasteiger partial charge in [-0.05, 0) is 31.1 Å². The van der Waals surface area contributed by atoms with E-state index in [-0.39, 0.29) is 0 Å². The van der Waals surface area contributed by atoms with Gasteiger partial charge in [-0.3, -0.25) is 4.90 Å². The fraction of sp³-hybridized carbons (Fsp3) is 1.00. The van der Waals surface area contributed by atoms with Gasteiger partial charge in [0.05, 0.1) is 6.61 Å². The van der Waals surface area contributed by atoms with Crippen molar-refractivity contribution in [2.75, 3.05) is 32.1 Å². The Morgan fingerprint density at radius 2 is 1.83 bits per heavy atom. The van der Waals surface area contributed by atoms with Gasteiger partial charge in [0.15, 0.2) is 0 Å². The molecule has 1 fully saturated rings. The third-order valence-corrected chi connectivity index (χ3v) is 5.22. The molecule has 0 aliphatic heterocycles. The van der Waals surface area contributed by atoms with E-state index in [0.717, 1.165) is 24.5 Å². The molecule has 1 aliphatic rings. The second-order valence-electron chi connectivity index (χ2n) is 5.83. The Labute approximate surface area is 122 Å². The van der Waals surface area contributed by atoms with Gasteiger partial charge < -0.3 is 4.74 Å². The van der Waals surface area contributed by atoms with E-state index < -0.39 is 0 Å². The molecular weight excluding hydrogens is 290 g/mol. The van der Waals surface area contributed by atoms with Gasteiger partial charge in [-0.15, -0.1) is 0 Å². The maximum atomic E-state index is 5.26. The summed E-state index contributed by atoms with van der Waals surface area (Å²) in [5.74, 6) is 0. The van der Waals surface area contributed by atoms with Crippen LogP contribution >= 0.6 is 15.9 Å². The van der Waals surface area contributed by atoms with Gasteiger partial charge in [0.2, 0.25) is 0 Å². The molecule has 0 aromatic carbocycles. The summed E-state index contributed by atoms with van der Waals surface area (Å²) < 4.78 is 5.26. The van der Waals surface area contributed by atoms with E-state index in [2.05, 4.69) is 34.7 Å². The topological polar surface area (TPSA) is 12.5 Å². The lowest BCUT2D eigenvalue weighted by molar-refractivity contribution is 0.0993. The molecule has 0 heterocycles. The van der Waals surface area contributed by atoms with Gasteiger partial charge in [0.25, 0.3) is 0 Å². The van der Waals surface area contributed by atoms with Gasteiger partial charge >= 0.3 is 0 Å². The molecule has 0 spiro atoms. The Balaban J connectivity index is 2.58. The quantitative estimate of drug-likeness (QED) is 0.532. The average molecular weight is 320 g/mol. The van der Waals surface area contributed by atoms with Crippen LogP contribution in [0.1, 0.15) is 52.4 Å². The minimum absolute atomic E-state index is 0.472. The van der Waals surface area contributed by atoms with Crippen LogP contribution in [0.15, 0.2) is 0 Å². The van der Waals surface area contributed by atoms with Gasteiger partial charge in [-0.2, -0.15) is 0 Å². The number of hydrogen-bond donors (Lipinski definition) is 0. The van der Waals surface area contributed by atoms with Crippen molar-refractivity contribution in [2.24, 2.45) is 5.41 Å². The summed E-state index contributed by atoms with van der Waals surface area (Å²) in [6, 6.07) is 0.840. The van der Waals surface area contributed by atoms with Gasteiger partial charge in [0.1, 0.15) is 0 Å². The first kappa shape index (κ1) is 16.5. The molecule has 0 N–H and O–H groups in total. The molecule has 1 saturated carbocycles. The van der Waals surface area contributed by atoms with Crippen LogP contribution in [0.3, 0.4) is 0 Å². The number of methoxy groups -OCH3 is 1. The zero-order valence-corrected chi connectivity index (χ0v) is 14.0. The molecule has 0 atom stereocenters. The lowest BCUT2D eigenvalue weighted by Crippen LogP contribution is -2.41. The summed E-state index contributed by atoms with van der Waals surface area (Å²) in [5.41, 5.74) is 0.472. The summed E-state index contributed by atoms with van der Waals surface area (Å²) >= 11 is 3.78. The minimum Gasteiger partial charge on any atom is -0.383 e. The molecule has 0 bridgehead atoms. The van der Waals surface area contributed by atoms with Crippen molar-refractivity contribution >= 4 is 15.9 Å². The number of rotatable bonds is 11. The Morgan fingerprint density at radius 1 is 1.22 bits per heavy atom. The largest absolute Gasteiger partial charge is 0.383 e. The van der Waals surface area contributed by atoms with Crippen LogP contribution in [0.25, 0.3) is 0 Å². The second-order valence-corrected chi connectivity index (χ2v) is 6.39. The van der Waals surface area contributed by atoms with Crippen molar-refractivity contribution < 1.29 is 4.74 Å². The highest BCUT2D eigenvalue weighted by Gasteiger charge is 2.35. The molecule has 0 saturated heterocycles. The number of halogens is 1. The summed E-state index contributed by atoms with van der Waals surface area (Å²) in [4.78, 5) is 2.68. The van der Waals surface area contributed by atoms with Crippen LogP contribution in [0, 0.1) is 5.41 Å². The molecule has 0 aromatic heterocycles. The summed E-state index contributed by atoms with van der Waals surface area (Å²) in [5, 5.41) is 1.14. The van der Waals surface area contributed by atoms with E-state index in [4.69, 9.17) is 4.74 Å². The molecule has 0 unspecified atom stereocenters. The van der Waals surface area contributed by atoms with Crippen molar-refractivity contribution in [1.82, 2.24) is 4.90 Å². The molecule has 2 nitrogen and oxygen atoms in total. The highest BCUT2D eigenvalue weighted by molar-refractivity contribution is 9.09. The van der Waals surface area contributed by atoms with E-state index in [1.165, 1.54) is 45.1 Å². The maximum Gasteiger partial charge on any atom is 0.0589 e. The molecule has 0 radical (unpaired) electrons. The molecule has 18 heavy (non-hydrogen) atoms. The fourth-order valence-electron chi connectivity index (χ4n) is 2.99. The predicted molar refractivity (Wildman–Crippen MR) is 82.5 cm³/mol. The predicted octanol–water partition coefficient (Wildman–Crippen LogP) is 4.08. The normalized spacial score (nSPS) is 16.5. The summed E-state index contributed by atoms with van der Waals surface area (Å²) in [6.45, 7) is 7.83. The number of hydrogen-bond acceptors (Lipinski definition) is 2. The Hall–Kier alpha value is 0.400. The van der Waals surface area contributed by atoms with E-state index in [1.54, 1.807) is 7.11 Å². The zero-order valence-electron chi connectivity index (χ0n) is 12.4. The monoisotopic (exact) mass is 319 g/mol. The molecular formula is C15H30BrNO. The Bertz CT molecular complexity index is 213. The molecule has 108 valence electrons. The third kappa shape index (κ3) is 5.18. The SMILES string of the molecule is CCCC(CBr)(CCC)CN(CCOC)C1CC1. The van der Waals surface area contributed by atoms with Crippen LogP contribution in [-0.2, 0) is 4.74 Å². The van der Waals surface area contributed by atoms with E-state index in [0.29, 0.717) is 5.41 Å². The lowest BCUT2D eigenvalue weighted by Gasteiger charge is -2.37. The van der Waals surface area contributed by atoms with E-state index in [1.807, 2.05) is 0 Å². The van der Waals surface area contributed by atoms with Crippen molar-refractivity contribution in [2.45, 2.75) is 58.4 Å². The first-order valence-corrected chi connectivity index (χ1v) is 8.62. The van der Waals surface area contributed by atoms with Crippen LogP contribution in [0.5, 0.6) is 0 Å². The van der Waals surface area contributed by atoms with Crippen molar-refractivity contribution in [3.63, 3.8) is 0 Å². The molecule has 0 aromatic rings. The van der Waals surface area contributed by atoms with Gasteiger partial charge in [0, 0.05) is 31.6 Å². The van der Waals surface area contributed by atoms with E-state index in [9.17, 15) is 0 Å². The van der Waals surface area contributed by atoms with Crippen LogP contribution in [0.4, 0.5) is 0 Å². The van der Waals surface area contributed by atoms with Crippen molar-refractivity contribution in [3.05, 3.63) is 0 Å². The molecule has 0 amide bonds. The number of ether oxygens (including phenoxy) is 1. The standard InChI is InChI=1S/C15H30BrNO/c1-4-8-15(12-16,9-5-2)13-17(10-11-18-3)14-6-7-14/h14H,4-13H2,1-3H3. The highest BCUT2D eigenvalue weighted by Crippen LogP contribution is 2.36. The molecule has 1 rings (SSSR count). The van der Waals surface area contributed by atoms with Crippen LogP contribution in [-0.4, -0.2) is 43.1 Å². The van der Waals surface area contributed by atoms with Crippen molar-refractivity contribution in [1.29, 1.82) is 0 Å². The number of alkyl halides is 1. The fourth-order valence-corrected chi connectivity index (χ4v) is 3.73. The molecule has 3 heteroatoms. The summed E-state index contributed by atoms with van der Waals surface area (Å²) in [7, 11) is 1.81. The zero-order chi connectivity index (χ0) is 13.4. The minimum atomic E-state index is 0.472. The summed E-state index contributed by atoms with van der Waals surface area (Å²) in [6.07, 6.45) is 8.02. The van der Waals surface area contributed by atoms with Crippen molar-refractivity contribution in [3.8, 4) is 0 Å². The maximum absolute atomic E-state index is 5.26.